The molecule has 1 aliphatic rings. The number of rotatable bonds is 6. The van der Waals surface area contributed by atoms with Gasteiger partial charge in [-0.1, -0.05) is 6.92 Å². The molecule has 25 heavy (non-hydrogen) atoms. The van der Waals surface area contributed by atoms with E-state index >= 15 is 0 Å². The molecule has 8 heteroatoms. The summed E-state index contributed by atoms with van der Waals surface area (Å²) in [5.74, 6) is -0.475. The normalized spacial score (nSPS) is 19.3. The quantitative estimate of drug-likeness (QED) is 0.843. The van der Waals surface area contributed by atoms with Gasteiger partial charge in [0, 0.05) is 24.7 Å². The van der Waals surface area contributed by atoms with Gasteiger partial charge < -0.3 is 4.42 Å². The minimum atomic E-state index is -3.64. The van der Waals surface area contributed by atoms with Crippen molar-refractivity contribution in [1.29, 1.82) is 0 Å². The Morgan fingerprint density at radius 1 is 1.36 bits per heavy atom. The number of hydrogen-bond donors (Lipinski definition) is 1. The van der Waals surface area contributed by atoms with Gasteiger partial charge in [-0.3, -0.25) is 9.47 Å². The van der Waals surface area contributed by atoms with Crippen molar-refractivity contribution in [2.45, 2.75) is 50.6 Å². The van der Waals surface area contributed by atoms with E-state index in [1.54, 1.807) is 6.07 Å². The van der Waals surface area contributed by atoms with Crippen molar-refractivity contribution in [2.75, 3.05) is 19.6 Å². The maximum Gasteiger partial charge on any atom is 0.420 e. The van der Waals surface area contributed by atoms with Gasteiger partial charge in [-0.25, -0.2) is 17.9 Å². The fourth-order valence-electron chi connectivity index (χ4n) is 3.50. The molecule has 0 spiro atoms. The highest BCUT2D eigenvalue weighted by Gasteiger charge is 2.25. The third kappa shape index (κ3) is 3.51. The summed E-state index contributed by atoms with van der Waals surface area (Å²) < 4.78 is 34.6. The molecule has 2 aromatic rings. The van der Waals surface area contributed by atoms with Gasteiger partial charge in [0.25, 0.3) is 0 Å². The molecule has 0 radical (unpaired) electrons. The van der Waals surface area contributed by atoms with Crippen LogP contribution < -0.4 is 10.5 Å². The van der Waals surface area contributed by atoms with Gasteiger partial charge in [0.2, 0.25) is 10.0 Å². The lowest BCUT2D eigenvalue weighted by molar-refractivity contribution is 0.268. The van der Waals surface area contributed by atoms with Gasteiger partial charge in [0.05, 0.1) is 10.4 Å². The molecule has 1 atom stereocenters. The number of sulfonamides is 1. The number of fused-ring (bicyclic) bond motifs is 1. The Labute approximate surface area is 147 Å². The van der Waals surface area contributed by atoms with Crippen LogP contribution in [0.15, 0.2) is 32.3 Å². The van der Waals surface area contributed by atoms with Crippen LogP contribution in [0.3, 0.4) is 0 Å². The van der Waals surface area contributed by atoms with E-state index in [1.807, 2.05) is 13.8 Å². The average Bonchev–Trinajstić information content (AvgIpc) is 3.14. The van der Waals surface area contributed by atoms with Crippen molar-refractivity contribution < 1.29 is 12.8 Å². The molecule has 1 aromatic heterocycles. The fraction of sp³-hybridized carbons (Fsp3) is 0.588. The van der Waals surface area contributed by atoms with E-state index in [1.165, 1.54) is 16.7 Å². The Balaban J connectivity index is 1.84. The van der Waals surface area contributed by atoms with Gasteiger partial charge in [0.1, 0.15) is 0 Å². The average molecular weight is 367 g/mol. The lowest BCUT2D eigenvalue weighted by Crippen LogP contribution is -2.39. The minimum absolute atomic E-state index is 0.0586. The van der Waals surface area contributed by atoms with Crippen molar-refractivity contribution in [3.8, 4) is 0 Å². The molecular formula is C17H25N3O4S. The van der Waals surface area contributed by atoms with Crippen molar-refractivity contribution >= 4 is 21.1 Å². The molecule has 7 nitrogen and oxygen atoms in total. The largest absolute Gasteiger partial charge is 0.420 e. The summed E-state index contributed by atoms with van der Waals surface area (Å²) in [5.41, 5.74) is 0.893. The van der Waals surface area contributed by atoms with Crippen molar-refractivity contribution in [1.82, 2.24) is 14.2 Å². The molecule has 3 rings (SSSR count). The van der Waals surface area contributed by atoms with Crippen molar-refractivity contribution in [2.24, 2.45) is 0 Å². The van der Waals surface area contributed by atoms with Gasteiger partial charge in [0.15, 0.2) is 5.58 Å². The van der Waals surface area contributed by atoms with E-state index in [-0.39, 0.29) is 22.6 Å². The summed E-state index contributed by atoms with van der Waals surface area (Å²) in [6.45, 7) is 8.18. The van der Waals surface area contributed by atoms with Crippen LogP contribution in [0.25, 0.3) is 11.1 Å². The molecule has 138 valence electrons. The first-order valence-corrected chi connectivity index (χ1v) is 10.2. The van der Waals surface area contributed by atoms with Gasteiger partial charge >= 0.3 is 5.76 Å². The highest BCUT2D eigenvalue weighted by molar-refractivity contribution is 7.89. The molecule has 1 aromatic carbocycles. The Hall–Kier alpha value is -1.64. The second kappa shape index (κ2) is 6.93. The number of likely N-dealkylation sites (tertiary alicyclic amines) is 1. The summed E-state index contributed by atoms with van der Waals surface area (Å²) in [5, 5.41) is 0. The molecule has 0 saturated carbocycles. The van der Waals surface area contributed by atoms with Gasteiger partial charge in [-0.05, 0) is 51.9 Å². The second-order valence-corrected chi connectivity index (χ2v) is 8.50. The van der Waals surface area contributed by atoms with Gasteiger partial charge in [-0.2, -0.15) is 0 Å². The maximum absolute atomic E-state index is 12.6. The van der Waals surface area contributed by atoms with Crippen LogP contribution in [-0.2, 0) is 10.0 Å². The van der Waals surface area contributed by atoms with Crippen LogP contribution >= 0.6 is 0 Å². The number of hydrogen-bond acceptors (Lipinski definition) is 5. The Bertz CT molecular complexity index is 914. The molecule has 1 fully saturated rings. The standard InChI is InChI=1S/C17H25N3O4S/c1-4-19-9-5-6-13(19)11-18-25(22,23)14-7-8-15-16(10-14)24-17(21)20(15)12(2)3/h7-8,10,12-13,18H,4-6,9,11H2,1-3H3/t13-/m1/s1. The summed E-state index contributed by atoms with van der Waals surface area (Å²) in [6.07, 6.45) is 2.10. The lowest BCUT2D eigenvalue weighted by Gasteiger charge is -2.22. The maximum atomic E-state index is 12.6. The van der Waals surface area contributed by atoms with Crippen LogP contribution in [0.1, 0.15) is 39.7 Å². The SMILES string of the molecule is CCN1CCC[C@@H]1CNS(=O)(=O)c1ccc2c(c1)oc(=O)n2C(C)C. The monoisotopic (exact) mass is 367 g/mol. The molecule has 1 aliphatic heterocycles. The Morgan fingerprint density at radius 3 is 2.80 bits per heavy atom. The number of oxazole rings is 1. The summed E-state index contributed by atoms with van der Waals surface area (Å²) in [7, 11) is -3.64. The van der Waals surface area contributed by atoms with Crippen LogP contribution in [-0.4, -0.2) is 43.6 Å². The molecule has 0 amide bonds. The van der Waals surface area contributed by atoms with Crippen molar-refractivity contribution in [3.63, 3.8) is 0 Å². The summed E-state index contributed by atoms with van der Waals surface area (Å²) in [6, 6.07) is 4.75. The van der Waals surface area contributed by atoms with E-state index in [0.717, 1.165) is 25.9 Å². The number of likely N-dealkylation sites (N-methyl/N-ethyl adjacent to an activating group) is 1. The summed E-state index contributed by atoms with van der Waals surface area (Å²) in [4.78, 5) is 14.3. The predicted molar refractivity (Wildman–Crippen MR) is 96.3 cm³/mol. The van der Waals surface area contributed by atoms with Gasteiger partial charge in [-0.15, -0.1) is 0 Å². The number of nitrogens with zero attached hydrogens (tertiary/aromatic N) is 2. The third-order valence-corrected chi connectivity index (χ3v) is 6.25. The van der Waals surface area contributed by atoms with Crippen LogP contribution in [0.5, 0.6) is 0 Å². The lowest BCUT2D eigenvalue weighted by atomic mass is 10.2. The first-order chi connectivity index (χ1) is 11.8. The van der Waals surface area contributed by atoms with E-state index in [4.69, 9.17) is 4.42 Å². The molecule has 2 heterocycles. The number of nitrogens with one attached hydrogen (secondary N) is 1. The molecule has 0 bridgehead atoms. The predicted octanol–water partition coefficient (Wildman–Crippen LogP) is 1.94. The van der Waals surface area contributed by atoms with Crippen LogP contribution in [0.4, 0.5) is 0 Å². The zero-order valence-electron chi connectivity index (χ0n) is 14.9. The summed E-state index contributed by atoms with van der Waals surface area (Å²) >= 11 is 0. The van der Waals surface area contributed by atoms with Crippen molar-refractivity contribution in [3.05, 3.63) is 28.7 Å². The first kappa shape index (κ1) is 18.2. The fourth-order valence-corrected chi connectivity index (χ4v) is 4.59. The minimum Gasteiger partial charge on any atom is -0.408 e. The highest BCUT2D eigenvalue weighted by Crippen LogP contribution is 2.21. The zero-order valence-corrected chi connectivity index (χ0v) is 15.7. The van der Waals surface area contributed by atoms with E-state index < -0.39 is 15.8 Å². The smallest absolute Gasteiger partial charge is 0.408 e. The second-order valence-electron chi connectivity index (χ2n) is 6.74. The van der Waals surface area contributed by atoms with E-state index in [0.29, 0.717) is 12.1 Å². The Kier molecular flexibility index (Phi) is 5.04. The first-order valence-electron chi connectivity index (χ1n) is 8.72. The number of benzene rings is 1. The molecule has 1 N–H and O–H groups in total. The zero-order chi connectivity index (χ0) is 18.2. The highest BCUT2D eigenvalue weighted by atomic mass is 32.2. The van der Waals surface area contributed by atoms with E-state index in [2.05, 4.69) is 16.5 Å². The molecule has 0 aliphatic carbocycles. The third-order valence-electron chi connectivity index (χ3n) is 4.83. The molecule has 1 saturated heterocycles. The van der Waals surface area contributed by atoms with Crippen LogP contribution in [0.2, 0.25) is 0 Å². The molecule has 0 unspecified atom stereocenters. The topological polar surface area (TPSA) is 84.6 Å². The Morgan fingerprint density at radius 2 is 2.12 bits per heavy atom. The number of aromatic nitrogens is 1. The van der Waals surface area contributed by atoms with E-state index in [9.17, 15) is 13.2 Å². The van der Waals surface area contributed by atoms with Crippen LogP contribution in [0, 0.1) is 0 Å². The molecular weight excluding hydrogens is 342 g/mol.